The van der Waals surface area contributed by atoms with Crippen molar-refractivity contribution in [3.8, 4) is 0 Å². The van der Waals surface area contributed by atoms with Crippen LogP contribution in [0.5, 0.6) is 0 Å². The number of hydrogen-bond donors (Lipinski definition) is 2. The lowest BCUT2D eigenvalue weighted by Gasteiger charge is -2.32. The van der Waals surface area contributed by atoms with Crippen LogP contribution in [-0.2, 0) is 12.8 Å². The molecule has 1 aliphatic carbocycles. The summed E-state index contributed by atoms with van der Waals surface area (Å²) in [7, 11) is 0. The number of nitrogens with one attached hydrogen (secondary N) is 2. The Balaban J connectivity index is 1.46. The van der Waals surface area contributed by atoms with Crippen LogP contribution in [0.4, 0.5) is 24.7 Å². The number of hydrogen-bond acceptors (Lipinski definition) is 4. The second kappa shape index (κ2) is 6.93. The van der Waals surface area contributed by atoms with Crippen molar-refractivity contribution in [2.75, 3.05) is 10.6 Å². The fourth-order valence-electron chi connectivity index (χ4n) is 4.25. The Morgan fingerprint density at radius 3 is 2.83 bits per heavy atom. The first-order chi connectivity index (χ1) is 14.4. The van der Waals surface area contributed by atoms with Crippen molar-refractivity contribution in [3.05, 3.63) is 65.2 Å². The maximum absolute atomic E-state index is 13.7. The first-order valence-electron chi connectivity index (χ1n) is 9.77. The Kier molecular flexibility index (Phi) is 4.34. The van der Waals surface area contributed by atoms with Gasteiger partial charge in [-0.2, -0.15) is 18.3 Å². The lowest BCUT2D eigenvalue weighted by Crippen LogP contribution is -2.36. The number of aryl methyl sites for hydroxylation is 2. The van der Waals surface area contributed by atoms with E-state index >= 15 is 0 Å². The Morgan fingerprint density at radius 2 is 2.07 bits per heavy atom. The van der Waals surface area contributed by atoms with Crippen LogP contribution >= 0.6 is 0 Å². The SMILES string of the molecule is O=C(Nc1ccc2c(c1)CCC2)c1cnn2c1NC(c1ccco1)CC2C(F)(F)F. The minimum absolute atomic E-state index is 0.0311. The molecule has 0 fully saturated rings. The van der Waals surface area contributed by atoms with E-state index in [0.717, 1.165) is 23.9 Å². The number of benzene rings is 1. The Labute approximate surface area is 170 Å². The number of carbonyl (C=O) groups excluding carboxylic acids is 1. The number of rotatable bonds is 3. The number of fused-ring (bicyclic) bond motifs is 2. The van der Waals surface area contributed by atoms with E-state index in [1.54, 1.807) is 12.1 Å². The van der Waals surface area contributed by atoms with Gasteiger partial charge in [-0.25, -0.2) is 4.68 Å². The number of halogens is 3. The highest BCUT2D eigenvalue weighted by atomic mass is 19.4. The fraction of sp³-hybridized carbons (Fsp3) is 0.333. The minimum atomic E-state index is -4.51. The molecule has 6 nitrogen and oxygen atoms in total. The topological polar surface area (TPSA) is 72.1 Å². The summed E-state index contributed by atoms with van der Waals surface area (Å²) in [6.45, 7) is 0. The molecule has 1 amide bonds. The highest BCUT2D eigenvalue weighted by molar-refractivity contribution is 6.07. The summed E-state index contributed by atoms with van der Waals surface area (Å²) in [6.07, 6.45) is 0.861. The van der Waals surface area contributed by atoms with E-state index in [-0.39, 0.29) is 17.8 Å². The van der Waals surface area contributed by atoms with Crippen molar-refractivity contribution in [1.82, 2.24) is 9.78 Å². The van der Waals surface area contributed by atoms with E-state index in [0.29, 0.717) is 11.4 Å². The van der Waals surface area contributed by atoms with E-state index < -0.39 is 24.2 Å². The van der Waals surface area contributed by atoms with Crippen LogP contribution in [0.1, 0.15) is 52.2 Å². The van der Waals surface area contributed by atoms with Gasteiger partial charge in [0.05, 0.1) is 18.5 Å². The normalized spacial score (nSPS) is 20.4. The summed E-state index contributed by atoms with van der Waals surface area (Å²) >= 11 is 0. The maximum Gasteiger partial charge on any atom is 0.410 e. The highest BCUT2D eigenvalue weighted by Crippen LogP contribution is 2.44. The lowest BCUT2D eigenvalue weighted by molar-refractivity contribution is -0.174. The molecule has 2 N–H and O–H groups in total. The zero-order valence-corrected chi connectivity index (χ0v) is 15.9. The highest BCUT2D eigenvalue weighted by Gasteiger charge is 2.47. The molecule has 0 bridgehead atoms. The third-order valence-corrected chi connectivity index (χ3v) is 5.73. The van der Waals surface area contributed by atoms with Gasteiger partial charge in [-0.15, -0.1) is 0 Å². The predicted octanol–water partition coefficient (Wildman–Crippen LogP) is 4.88. The van der Waals surface area contributed by atoms with Crippen molar-refractivity contribution in [2.24, 2.45) is 0 Å². The number of amides is 1. The maximum atomic E-state index is 13.7. The Bertz CT molecular complexity index is 1090. The van der Waals surface area contributed by atoms with Gasteiger partial charge < -0.3 is 15.1 Å². The largest absolute Gasteiger partial charge is 0.467 e. The average molecular weight is 416 g/mol. The molecule has 1 aromatic carbocycles. The van der Waals surface area contributed by atoms with Crippen LogP contribution in [0.15, 0.2) is 47.2 Å². The summed E-state index contributed by atoms with van der Waals surface area (Å²) < 4.78 is 47.2. The van der Waals surface area contributed by atoms with Gasteiger partial charge in [0.25, 0.3) is 5.91 Å². The van der Waals surface area contributed by atoms with Crippen LogP contribution in [0.3, 0.4) is 0 Å². The van der Waals surface area contributed by atoms with Crippen LogP contribution in [0, 0.1) is 0 Å². The van der Waals surface area contributed by atoms with Gasteiger partial charge in [0.15, 0.2) is 6.04 Å². The summed E-state index contributed by atoms with van der Waals surface area (Å²) in [5.41, 5.74) is 3.14. The zero-order chi connectivity index (χ0) is 20.9. The summed E-state index contributed by atoms with van der Waals surface area (Å²) in [4.78, 5) is 12.9. The van der Waals surface area contributed by atoms with Crippen molar-refractivity contribution in [3.63, 3.8) is 0 Å². The van der Waals surface area contributed by atoms with Gasteiger partial charge >= 0.3 is 6.18 Å². The third kappa shape index (κ3) is 3.24. The van der Waals surface area contributed by atoms with E-state index in [1.165, 1.54) is 23.6 Å². The van der Waals surface area contributed by atoms with Gasteiger partial charge in [-0.3, -0.25) is 4.79 Å². The van der Waals surface area contributed by atoms with Gasteiger partial charge in [0.2, 0.25) is 0 Å². The lowest BCUT2D eigenvalue weighted by atomic mass is 10.0. The van der Waals surface area contributed by atoms with Gasteiger partial charge in [0, 0.05) is 12.1 Å². The molecule has 3 aromatic rings. The quantitative estimate of drug-likeness (QED) is 0.639. The van der Waals surface area contributed by atoms with Crippen LogP contribution in [0.2, 0.25) is 0 Å². The minimum Gasteiger partial charge on any atom is -0.467 e. The molecule has 2 unspecified atom stereocenters. The van der Waals surface area contributed by atoms with E-state index in [9.17, 15) is 18.0 Å². The first kappa shape index (κ1) is 18.8. The van der Waals surface area contributed by atoms with E-state index in [1.807, 2.05) is 18.2 Å². The smallest absolute Gasteiger partial charge is 0.410 e. The number of alkyl halides is 3. The van der Waals surface area contributed by atoms with Crippen molar-refractivity contribution >= 4 is 17.4 Å². The van der Waals surface area contributed by atoms with Crippen LogP contribution < -0.4 is 10.6 Å². The number of furan rings is 1. The standard InChI is InChI=1S/C21H19F3N4O2/c22-21(23,24)18-10-16(17-5-2-8-30-17)27-19-15(11-25-28(18)19)20(29)26-14-7-6-12-3-1-4-13(12)9-14/h2,5-9,11,16,18,27H,1,3-4,10H2,(H,26,29). The molecule has 9 heteroatoms. The van der Waals surface area contributed by atoms with Crippen molar-refractivity contribution < 1.29 is 22.4 Å². The molecule has 0 saturated carbocycles. The number of carbonyl (C=O) groups is 1. The average Bonchev–Trinajstić information content (AvgIpc) is 3.45. The molecule has 2 aliphatic rings. The van der Waals surface area contributed by atoms with Gasteiger partial charge in [-0.05, 0) is 54.7 Å². The third-order valence-electron chi connectivity index (χ3n) is 5.73. The monoisotopic (exact) mass is 416 g/mol. The predicted molar refractivity (Wildman–Crippen MR) is 103 cm³/mol. The van der Waals surface area contributed by atoms with Crippen molar-refractivity contribution in [2.45, 2.75) is 43.9 Å². The van der Waals surface area contributed by atoms with Gasteiger partial charge in [-0.1, -0.05) is 6.07 Å². The van der Waals surface area contributed by atoms with E-state index in [2.05, 4.69) is 15.7 Å². The second-order valence-electron chi connectivity index (χ2n) is 7.65. The summed E-state index contributed by atoms with van der Waals surface area (Å²) in [5.74, 6) is -0.104. The van der Waals surface area contributed by atoms with Crippen molar-refractivity contribution in [1.29, 1.82) is 0 Å². The Morgan fingerprint density at radius 1 is 1.23 bits per heavy atom. The molecule has 5 rings (SSSR count). The molecule has 30 heavy (non-hydrogen) atoms. The molecule has 0 spiro atoms. The first-order valence-corrected chi connectivity index (χ1v) is 9.77. The molecule has 0 saturated heterocycles. The fourth-order valence-corrected chi connectivity index (χ4v) is 4.25. The number of aromatic nitrogens is 2. The van der Waals surface area contributed by atoms with E-state index in [4.69, 9.17) is 4.42 Å². The second-order valence-corrected chi connectivity index (χ2v) is 7.65. The van der Waals surface area contributed by atoms with Gasteiger partial charge in [0.1, 0.15) is 17.1 Å². The number of anilines is 2. The molecule has 0 radical (unpaired) electrons. The number of nitrogens with zero attached hydrogens (tertiary/aromatic N) is 2. The summed E-state index contributed by atoms with van der Waals surface area (Å²) in [6, 6.07) is 6.38. The molecular weight excluding hydrogens is 397 g/mol. The van der Waals surface area contributed by atoms with Crippen LogP contribution in [0.25, 0.3) is 0 Å². The zero-order valence-electron chi connectivity index (χ0n) is 15.9. The molecule has 156 valence electrons. The molecule has 3 heterocycles. The molecule has 2 atom stereocenters. The molecule has 1 aliphatic heterocycles. The molecule has 2 aromatic heterocycles. The Hall–Kier alpha value is -3.23. The summed E-state index contributed by atoms with van der Waals surface area (Å²) in [5, 5.41) is 9.68. The molecular formula is C21H19F3N4O2. The van der Waals surface area contributed by atoms with Crippen LogP contribution in [-0.4, -0.2) is 21.9 Å².